The van der Waals surface area contributed by atoms with Gasteiger partial charge in [0.1, 0.15) is 5.75 Å². The molecule has 0 saturated heterocycles. The van der Waals surface area contributed by atoms with Crippen LogP contribution in [0.3, 0.4) is 0 Å². The molecule has 2 nitrogen and oxygen atoms in total. The Morgan fingerprint density at radius 1 is 1.08 bits per heavy atom. The summed E-state index contributed by atoms with van der Waals surface area (Å²) in [7, 11) is 0. The average Bonchev–Trinajstić information content (AvgIpc) is 2.60. The minimum atomic E-state index is 0.479. The Balaban J connectivity index is 1.66. The van der Waals surface area contributed by atoms with Crippen molar-refractivity contribution in [2.75, 3.05) is 13.1 Å². The molecular formula is C22H29NO. The maximum atomic E-state index is 10.0. The standard InChI is InChI=1S/C22H29NO/c1-3-14-23(15-13-18-9-7-17(2)8-10-18)20-11-12-21-19(16-20)5-4-6-22(21)24/h4-10,20,24H,3,11-16H2,1-2H3/t20-/m0/s1. The van der Waals surface area contributed by atoms with Crippen molar-refractivity contribution in [3.63, 3.8) is 0 Å². The van der Waals surface area contributed by atoms with Crippen LogP contribution in [0.2, 0.25) is 0 Å². The topological polar surface area (TPSA) is 23.5 Å². The minimum Gasteiger partial charge on any atom is -0.508 e. The number of nitrogens with zero attached hydrogens (tertiary/aromatic N) is 1. The van der Waals surface area contributed by atoms with Gasteiger partial charge in [0.05, 0.1) is 0 Å². The summed E-state index contributed by atoms with van der Waals surface area (Å²) in [6, 6.07) is 15.5. The van der Waals surface area contributed by atoms with E-state index >= 15 is 0 Å². The number of benzene rings is 2. The van der Waals surface area contributed by atoms with Crippen LogP contribution in [0.5, 0.6) is 5.75 Å². The van der Waals surface area contributed by atoms with E-state index in [1.807, 2.05) is 12.1 Å². The van der Waals surface area contributed by atoms with Gasteiger partial charge in [-0.1, -0.05) is 48.9 Å². The molecule has 0 spiro atoms. The first-order valence-electron chi connectivity index (χ1n) is 9.26. The number of aryl methyl sites for hydroxylation is 1. The quantitative estimate of drug-likeness (QED) is 0.845. The van der Waals surface area contributed by atoms with E-state index in [4.69, 9.17) is 0 Å². The molecular weight excluding hydrogens is 294 g/mol. The second-order valence-electron chi connectivity index (χ2n) is 7.08. The molecule has 0 saturated carbocycles. The lowest BCUT2D eigenvalue weighted by Crippen LogP contribution is -2.41. The van der Waals surface area contributed by atoms with Crippen molar-refractivity contribution in [1.82, 2.24) is 4.90 Å². The summed E-state index contributed by atoms with van der Waals surface area (Å²) in [5, 5.41) is 10.0. The monoisotopic (exact) mass is 323 g/mol. The van der Waals surface area contributed by atoms with E-state index in [2.05, 4.69) is 49.1 Å². The first-order valence-corrected chi connectivity index (χ1v) is 9.26. The predicted molar refractivity (Wildman–Crippen MR) is 101 cm³/mol. The molecule has 1 N–H and O–H groups in total. The van der Waals surface area contributed by atoms with Crippen molar-refractivity contribution < 1.29 is 5.11 Å². The van der Waals surface area contributed by atoms with Crippen LogP contribution >= 0.6 is 0 Å². The minimum absolute atomic E-state index is 0.479. The Labute approximate surface area is 146 Å². The molecule has 1 atom stereocenters. The van der Waals surface area contributed by atoms with Gasteiger partial charge in [0, 0.05) is 12.6 Å². The third-order valence-electron chi connectivity index (χ3n) is 5.27. The van der Waals surface area contributed by atoms with Gasteiger partial charge in [0.15, 0.2) is 0 Å². The summed E-state index contributed by atoms with van der Waals surface area (Å²) in [4.78, 5) is 2.66. The number of hydrogen-bond donors (Lipinski definition) is 1. The van der Waals surface area contributed by atoms with Crippen LogP contribution in [0.4, 0.5) is 0 Å². The van der Waals surface area contributed by atoms with Crippen LogP contribution in [-0.4, -0.2) is 29.1 Å². The molecule has 0 unspecified atom stereocenters. The van der Waals surface area contributed by atoms with E-state index in [1.165, 1.54) is 28.7 Å². The van der Waals surface area contributed by atoms with E-state index in [9.17, 15) is 5.11 Å². The van der Waals surface area contributed by atoms with E-state index in [-0.39, 0.29) is 0 Å². The van der Waals surface area contributed by atoms with Gasteiger partial charge in [-0.3, -0.25) is 4.90 Å². The SMILES string of the molecule is CCCN(CCc1ccc(C)cc1)[C@H]1CCc2c(O)cccc2C1. The normalized spacial score (nSPS) is 17.0. The van der Waals surface area contributed by atoms with Crippen LogP contribution in [0.15, 0.2) is 42.5 Å². The average molecular weight is 323 g/mol. The van der Waals surface area contributed by atoms with E-state index in [0.29, 0.717) is 11.8 Å². The molecule has 24 heavy (non-hydrogen) atoms. The molecule has 1 aliphatic rings. The lowest BCUT2D eigenvalue weighted by molar-refractivity contribution is 0.181. The van der Waals surface area contributed by atoms with Gasteiger partial charge in [-0.2, -0.15) is 0 Å². The van der Waals surface area contributed by atoms with Crippen LogP contribution in [0, 0.1) is 6.92 Å². The highest BCUT2D eigenvalue weighted by molar-refractivity contribution is 5.41. The summed E-state index contributed by atoms with van der Waals surface area (Å²) in [6.45, 7) is 6.68. The summed E-state index contributed by atoms with van der Waals surface area (Å²) in [5.74, 6) is 0.479. The zero-order chi connectivity index (χ0) is 16.9. The molecule has 0 amide bonds. The molecule has 0 heterocycles. The molecule has 0 fully saturated rings. The van der Waals surface area contributed by atoms with Crippen molar-refractivity contribution in [3.05, 3.63) is 64.7 Å². The maximum Gasteiger partial charge on any atom is 0.119 e. The number of aromatic hydroxyl groups is 1. The van der Waals surface area contributed by atoms with Gasteiger partial charge < -0.3 is 5.11 Å². The third kappa shape index (κ3) is 3.99. The fourth-order valence-corrected chi connectivity index (χ4v) is 3.87. The van der Waals surface area contributed by atoms with Crippen molar-refractivity contribution in [2.24, 2.45) is 0 Å². The zero-order valence-electron chi connectivity index (χ0n) is 15.0. The predicted octanol–water partition coefficient (Wildman–Crippen LogP) is 4.51. The van der Waals surface area contributed by atoms with E-state index in [0.717, 1.165) is 38.8 Å². The van der Waals surface area contributed by atoms with Gasteiger partial charge >= 0.3 is 0 Å². The Morgan fingerprint density at radius 2 is 1.88 bits per heavy atom. The lowest BCUT2D eigenvalue weighted by Gasteiger charge is -2.35. The molecule has 2 heteroatoms. The summed E-state index contributed by atoms with van der Waals surface area (Å²) in [5.41, 5.74) is 5.26. The van der Waals surface area contributed by atoms with Crippen molar-refractivity contribution >= 4 is 0 Å². The Morgan fingerprint density at radius 3 is 2.62 bits per heavy atom. The molecule has 2 aromatic carbocycles. The molecule has 128 valence electrons. The van der Waals surface area contributed by atoms with Crippen molar-refractivity contribution in [3.8, 4) is 5.75 Å². The molecule has 3 rings (SSSR count). The highest BCUT2D eigenvalue weighted by Gasteiger charge is 2.25. The smallest absolute Gasteiger partial charge is 0.119 e. The highest BCUT2D eigenvalue weighted by Crippen LogP contribution is 2.30. The van der Waals surface area contributed by atoms with Crippen LogP contribution in [0.1, 0.15) is 42.0 Å². The summed E-state index contributed by atoms with van der Waals surface area (Å²) in [6.07, 6.45) is 5.52. The first kappa shape index (κ1) is 17.0. The Bertz CT molecular complexity index is 662. The number of hydrogen-bond acceptors (Lipinski definition) is 2. The molecule has 0 radical (unpaired) electrons. The fourth-order valence-electron chi connectivity index (χ4n) is 3.87. The summed E-state index contributed by atoms with van der Waals surface area (Å²) >= 11 is 0. The largest absolute Gasteiger partial charge is 0.508 e. The van der Waals surface area contributed by atoms with Crippen molar-refractivity contribution in [1.29, 1.82) is 0 Å². The van der Waals surface area contributed by atoms with Crippen LogP contribution in [0.25, 0.3) is 0 Å². The van der Waals surface area contributed by atoms with E-state index < -0.39 is 0 Å². The van der Waals surface area contributed by atoms with Crippen molar-refractivity contribution in [2.45, 2.75) is 52.0 Å². The van der Waals surface area contributed by atoms with Crippen LogP contribution < -0.4 is 0 Å². The fraction of sp³-hybridized carbons (Fsp3) is 0.455. The van der Waals surface area contributed by atoms with Gasteiger partial charge in [-0.15, -0.1) is 0 Å². The van der Waals surface area contributed by atoms with Crippen LogP contribution in [-0.2, 0) is 19.3 Å². The van der Waals surface area contributed by atoms with Gasteiger partial charge in [-0.05, 0) is 68.3 Å². The number of phenolic OH excluding ortho intramolecular Hbond substituents is 1. The summed E-state index contributed by atoms with van der Waals surface area (Å²) < 4.78 is 0. The number of rotatable bonds is 6. The van der Waals surface area contributed by atoms with Gasteiger partial charge in [-0.25, -0.2) is 0 Å². The molecule has 0 aliphatic heterocycles. The Hall–Kier alpha value is -1.80. The first-order chi connectivity index (χ1) is 11.7. The molecule has 0 aromatic heterocycles. The molecule has 0 bridgehead atoms. The van der Waals surface area contributed by atoms with Gasteiger partial charge in [0.25, 0.3) is 0 Å². The lowest BCUT2D eigenvalue weighted by atomic mass is 9.86. The zero-order valence-corrected chi connectivity index (χ0v) is 15.0. The Kier molecular flexibility index (Phi) is 5.57. The number of fused-ring (bicyclic) bond motifs is 1. The highest BCUT2D eigenvalue weighted by atomic mass is 16.3. The second kappa shape index (κ2) is 7.85. The molecule has 2 aromatic rings. The molecule has 1 aliphatic carbocycles. The third-order valence-corrected chi connectivity index (χ3v) is 5.27. The second-order valence-corrected chi connectivity index (χ2v) is 7.08. The maximum absolute atomic E-state index is 10.0. The number of phenols is 1. The van der Waals surface area contributed by atoms with E-state index in [1.54, 1.807) is 0 Å². The van der Waals surface area contributed by atoms with Gasteiger partial charge in [0.2, 0.25) is 0 Å².